The number of carbonyl (C=O) groups is 2. The summed E-state index contributed by atoms with van der Waals surface area (Å²) in [5.74, 6) is -0.0562. The summed E-state index contributed by atoms with van der Waals surface area (Å²) in [6.07, 6.45) is 0. The zero-order valence-electron chi connectivity index (χ0n) is 14.7. The second-order valence-electron chi connectivity index (χ2n) is 6.20. The summed E-state index contributed by atoms with van der Waals surface area (Å²) in [6.45, 7) is 6.17. The van der Waals surface area contributed by atoms with Crippen LogP contribution in [0.15, 0.2) is 48.5 Å². The highest BCUT2D eigenvalue weighted by molar-refractivity contribution is 5.96. The Labute approximate surface area is 143 Å². The summed E-state index contributed by atoms with van der Waals surface area (Å²) < 4.78 is 0. The zero-order valence-corrected chi connectivity index (χ0v) is 14.7. The van der Waals surface area contributed by atoms with Crippen LogP contribution in [0.5, 0.6) is 0 Å². The van der Waals surface area contributed by atoms with Gasteiger partial charge in [0.25, 0.3) is 0 Å². The number of Topliss-reactive ketones (excluding diaryl/α,β-unsaturated/α-hetero) is 1. The smallest absolute Gasteiger partial charge is 0.241 e. The van der Waals surface area contributed by atoms with E-state index in [1.54, 1.807) is 24.3 Å². The molecule has 0 saturated carbocycles. The fourth-order valence-electron chi connectivity index (χ4n) is 2.35. The van der Waals surface area contributed by atoms with Gasteiger partial charge in [0, 0.05) is 17.8 Å². The molecule has 4 heteroatoms. The first-order valence-corrected chi connectivity index (χ1v) is 8.04. The van der Waals surface area contributed by atoms with E-state index in [2.05, 4.69) is 36.5 Å². The van der Waals surface area contributed by atoms with Crippen molar-refractivity contribution in [1.29, 1.82) is 0 Å². The minimum absolute atomic E-state index is 0.0130. The Morgan fingerprint density at radius 1 is 1.04 bits per heavy atom. The number of nitrogens with one attached hydrogen (secondary N) is 1. The second-order valence-corrected chi connectivity index (χ2v) is 6.20. The van der Waals surface area contributed by atoms with Crippen molar-refractivity contribution in [2.45, 2.75) is 33.4 Å². The van der Waals surface area contributed by atoms with Crippen molar-refractivity contribution in [3.63, 3.8) is 0 Å². The van der Waals surface area contributed by atoms with Crippen LogP contribution >= 0.6 is 0 Å². The normalized spacial score (nSPS) is 12.0. The van der Waals surface area contributed by atoms with Crippen molar-refractivity contribution in [3.8, 4) is 0 Å². The second kappa shape index (κ2) is 7.88. The predicted molar refractivity (Wildman–Crippen MR) is 97.2 cm³/mol. The van der Waals surface area contributed by atoms with Gasteiger partial charge in [-0.25, -0.2) is 0 Å². The van der Waals surface area contributed by atoms with Crippen LogP contribution in [0.1, 0.15) is 35.3 Å². The molecular formula is C20H24N2O2. The quantitative estimate of drug-likeness (QED) is 0.825. The Morgan fingerprint density at radius 2 is 1.62 bits per heavy atom. The largest absolute Gasteiger partial charge is 0.325 e. The lowest BCUT2D eigenvalue weighted by molar-refractivity contribution is -0.120. The maximum Gasteiger partial charge on any atom is 0.241 e. The topological polar surface area (TPSA) is 49.4 Å². The minimum atomic E-state index is -0.265. The summed E-state index contributed by atoms with van der Waals surface area (Å²) in [6, 6.07) is 15.0. The molecule has 0 unspecified atom stereocenters. The van der Waals surface area contributed by atoms with Gasteiger partial charge in [-0.05, 0) is 57.6 Å². The molecule has 0 radical (unpaired) electrons. The van der Waals surface area contributed by atoms with Gasteiger partial charge in [0.2, 0.25) is 5.91 Å². The lowest BCUT2D eigenvalue weighted by Gasteiger charge is -2.24. The van der Waals surface area contributed by atoms with Gasteiger partial charge in [0.1, 0.15) is 0 Å². The first-order valence-electron chi connectivity index (χ1n) is 8.04. The lowest BCUT2D eigenvalue weighted by Crippen LogP contribution is -2.39. The van der Waals surface area contributed by atoms with Crippen LogP contribution in [-0.4, -0.2) is 29.7 Å². The van der Waals surface area contributed by atoms with E-state index < -0.39 is 0 Å². The number of carbonyl (C=O) groups excluding carboxylic acids is 2. The molecule has 2 rings (SSSR count). The molecule has 126 valence electrons. The van der Waals surface area contributed by atoms with Gasteiger partial charge in [-0.1, -0.05) is 29.8 Å². The van der Waals surface area contributed by atoms with Gasteiger partial charge in [-0.2, -0.15) is 0 Å². The van der Waals surface area contributed by atoms with Gasteiger partial charge in [0.05, 0.1) is 6.04 Å². The number of rotatable bonds is 6. The SMILES string of the molecule is CC(=O)c1ccc(NC(=O)[C@H](C)N(C)Cc2ccc(C)cc2)cc1. The average Bonchev–Trinajstić information content (AvgIpc) is 2.56. The average molecular weight is 324 g/mol. The summed E-state index contributed by atoms with van der Waals surface area (Å²) >= 11 is 0. The number of likely N-dealkylation sites (N-methyl/N-ethyl adjacent to an activating group) is 1. The van der Waals surface area contributed by atoms with Crippen molar-refractivity contribution in [1.82, 2.24) is 4.90 Å². The highest BCUT2D eigenvalue weighted by Crippen LogP contribution is 2.13. The van der Waals surface area contributed by atoms with Gasteiger partial charge < -0.3 is 5.32 Å². The van der Waals surface area contributed by atoms with Crippen molar-refractivity contribution in [3.05, 3.63) is 65.2 Å². The molecule has 2 aromatic rings. The van der Waals surface area contributed by atoms with Crippen LogP contribution in [-0.2, 0) is 11.3 Å². The molecule has 0 aliphatic rings. The number of benzene rings is 2. The maximum absolute atomic E-state index is 12.4. The zero-order chi connectivity index (χ0) is 17.7. The molecule has 0 heterocycles. The van der Waals surface area contributed by atoms with Crippen LogP contribution in [0, 0.1) is 6.92 Å². The van der Waals surface area contributed by atoms with Crippen LogP contribution in [0.25, 0.3) is 0 Å². The van der Waals surface area contributed by atoms with E-state index in [0.29, 0.717) is 17.8 Å². The highest BCUT2D eigenvalue weighted by Gasteiger charge is 2.18. The van der Waals surface area contributed by atoms with Gasteiger partial charge in [0.15, 0.2) is 5.78 Å². The molecule has 0 spiro atoms. The molecule has 0 aliphatic carbocycles. The van der Waals surface area contributed by atoms with Crippen molar-refractivity contribution < 1.29 is 9.59 Å². The molecule has 1 amide bonds. The number of hydrogen-bond donors (Lipinski definition) is 1. The Morgan fingerprint density at radius 3 is 2.17 bits per heavy atom. The van der Waals surface area contributed by atoms with Crippen LogP contribution in [0.2, 0.25) is 0 Å². The van der Waals surface area contributed by atoms with E-state index in [4.69, 9.17) is 0 Å². The van der Waals surface area contributed by atoms with Crippen LogP contribution in [0.3, 0.4) is 0 Å². The third-order valence-electron chi connectivity index (χ3n) is 4.15. The molecule has 24 heavy (non-hydrogen) atoms. The number of hydrogen-bond acceptors (Lipinski definition) is 3. The molecule has 0 aromatic heterocycles. The third-order valence-corrected chi connectivity index (χ3v) is 4.15. The summed E-state index contributed by atoms with van der Waals surface area (Å²) in [5.41, 5.74) is 3.73. The molecular weight excluding hydrogens is 300 g/mol. The fourth-order valence-corrected chi connectivity index (χ4v) is 2.35. The van der Waals surface area contributed by atoms with Gasteiger partial charge in [-0.15, -0.1) is 0 Å². The van der Waals surface area contributed by atoms with Crippen LogP contribution < -0.4 is 5.32 Å². The lowest BCUT2D eigenvalue weighted by atomic mass is 10.1. The molecule has 4 nitrogen and oxygen atoms in total. The molecule has 2 aromatic carbocycles. The first kappa shape index (κ1) is 17.9. The standard InChI is InChI=1S/C20H24N2O2/c1-14-5-7-17(8-6-14)13-22(4)15(2)20(24)21-19-11-9-18(10-12-19)16(3)23/h5-12,15H,13H2,1-4H3,(H,21,24)/t15-/m0/s1. The Balaban J connectivity index is 1.95. The number of amides is 1. The van der Waals surface area contributed by atoms with Crippen molar-refractivity contribution >= 4 is 17.4 Å². The summed E-state index contributed by atoms with van der Waals surface area (Å²) in [4.78, 5) is 25.7. The molecule has 1 atom stereocenters. The fraction of sp³-hybridized carbons (Fsp3) is 0.300. The number of anilines is 1. The number of ketones is 1. The van der Waals surface area contributed by atoms with Crippen LogP contribution in [0.4, 0.5) is 5.69 Å². The predicted octanol–water partition coefficient (Wildman–Crippen LogP) is 3.66. The molecule has 1 N–H and O–H groups in total. The number of nitrogens with zero attached hydrogens (tertiary/aromatic N) is 1. The summed E-state index contributed by atoms with van der Waals surface area (Å²) in [5, 5.41) is 2.89. The number of aryl methyl sites for hydroxylation is 1. The summed E-state index contributed by atoms with van der Waals surface area (Å²) in [7, 11) is 1.93. The first-order chi connectivity index (χ1) is 11.4. The van der Waals surface area contributed by atoms with E-state index >= 15 is 0 Å². The maximum atomic E-state index is 12.4. The Hall–Kier alpha value is -2.46. The molecule has 0 aliphatic heterocycles. The van der Waals surface area contributed by atoms with E-state index in [1.165, 1.54) is 18.1 Å². The Bertz CT molecular complexity index is 705. The van der Waals surface area contributed by atoms with E-state index in [9.17, 15) is 9.59 Å². The minimum Gasteiger partial charge on any atom is -0.325 e. The molecule has 0 saturated heterocycles. The van der Waals surface area contributed by atoms with E-state index in [-0.39, 0.29) is 17.7 Å². The Kier molecular flexibility index (Phi) is 5.88. The van der Waals surface area contributed by atoms with E-state index in [0.717, 1.165) is 0 Å². The van der Waals surface area contributed by atoms with Crippen molar-refractivity contribution in [2.24, 2.45) is 0 Å². The van der Waals surface area contributed by atoms with E-state index in [1.807, 2.05) is 18.9 Å². The van der Waals surface area contributed by atoms with Gasteiger partial charge >= 0.3 is 0 Å². The third kappa shape index (κ3) is 4.77. The van der Waals surface area contributed by atoms with Crippen molar-refractivity contribution in [2.75, 3.05) is 12.4 Å². The highest BCUT2D eigenvalue weighted by atomic mass is 16.2. The molecule has 0 bridgehead atoms. The van der Waals surface area contributed by atoms with Gasteiger partial charge in [-0.3, -0.25) is 14.5 Å². The molecule has 0 fully saturated rings. The monoisotopic (exact) mass is 324 g/mol.